The number of allylic oxidation sites excluding steroid dienone is 2. The summed E-state index contributed by atoms with van der Waals surface area (Å²) in [5, 5.41) is 12.5. The molecule has 266 valence electrons. The highest BCUT2D eigenvalue weighted by molar-refractivity contribution is 6.56. The van der Waals surface area contributed by atoms with Crippen LogP contribution in [0.2, 0.25) is 0 Å². The molecule has 9 rings (SSSR count). The molecule has 0 spiro atoms. The van der Waals surface area contributed by atoms with Crippen LogP contribution in [0.4, 0.5) is 22.7 Å². The molecular weight excluding hydrogens is 665 g/mol. The van der Waals surface area contributed by atoms with E-state index in [1.807, 2.05) is 6.07 Å². The van der Waals surface area contributed by atoms with Crippen LogP contribution >= 0.6 is 0 Å². The van der Waals surface area contributed by atoms with E-state index in [0.29, 0.717) is 17.4 Å². The van der Waals surface area contributed by atoms with Crippen LogP contribution in [0.25, 0.3) is 33.0 Å². The van der Waals surface area contributed by atoms with Gasteiger partial charge in [-0.05, 0) is 112 Å². The van der Waals surface area contributed by atoms with Gasteiger partial charge in [-0.2, -0.15) is 0 Å². The summed E-state index contributed by atoms with van der Waals surface area (Å²) in [4.78, 5) is 2.53. The highest BCUT2D eigenvalue weighted by atomic mass is 16.3. The maximum atomic E-state index is 10.5. The molecule has 3 N–H and O–H groups in total. The van der Waals surface area contributed by atoms with E-state index < -0.39 is 0 Å². The van der Waals surface area contributed by atoms with Gasteiger partial charge < -0.3 is 15.7 Å². The Morgan fingerprint density at radius 3 is 2.11 bits per heavy atom. The van der Waals surface area contributed by atoms with Gasteiger partial charge in [0.2, 0.25) is 0 Å². The highest BCUT2D eigenvalue weighted by Gasteiger charge is 2.42. The zero-order chi connectivity index (χ0) is 38.0. The lowest BCUT2D eigenvalue weighted by Gasteiger charge is -2.34. The van der Waals surface area contributed by atoms with Crippen LogP contribution in [0.3, 0.4) is 0 Å². The van der Waals surface area contributed by atoms with Gasteiger partial charge in [-0.25, -0.2) is 0 Å². The van der Waals surface area contributed by atoms with E-state index in [9.17, 15) is 5.11 Å². The summed E-state index contributed by atoms with van der Waals surface area (Å²) < 4.78 is 0. The van der Waals surface area contributed by atoms with Gasteiger partial charge in [0.1, 0.15) is 29.3 Å². The third kappa shape index (κ3) is 5.74. The first-order valence-corrected chi connectivity index (χ1v) is 20.0. The molecule has 6 radical (unpaired) electrons. The van der Waals surface area contributed by atoms with Crippen LogP contribution in [-0.2, 0) is 5.41 Å². The molecule has 3 aliphatic rings. The summed E-state index contributed by atoms with van der Waals surface area (Å²) in [6, 6.07) is 37.7. The predicted octanol–water partition coefficient (Wildman–Crippen LogP) is 9.85. The van der Waals surface area contributed by atoms with Gasteiger partial charge in [0.25, 0.3) is 0 Å². The SMILES string of the molecule is [B]c1c([B])c(-c2ccc(-c3ccccc3N(c3ccc4c(c3)C(C)(C)C3=CCCCC34)c3ccccc3C3CCCCC3)c3ccccc23)c(N)c([B])c1O. The molecule has 3 aliphatic carbocycles. The monoisotopic (exact) mass is 710 g/mol. The Kier molecular flexibility index (Phi) is 8.99. The van der Waals surface area contributed by atoms with Crippen molar-refractivity contribution in [2.24, 2.45) is 0 Å². The number of fused-ring (bicyclic) bond motifs is 4. The van der Waals surface area contributed by atoms with Crippen LogP contribution in [0.15, 0.2) is 115 Å². The Balaban J connectivity index is 1.28. The maximum Gasteiger partial charge on any atom is 0.121 e. The second kappa shape index (κ2) is 13.9. The number of hydrogen-bond acceptors (Lipinski definition) is 3. The molecule has 0 amide bonds. The second-order valence-corrected chi connectivity index (χ2v) is 16.4. The fourth-order valence-corrected chi connectivity index (χ4v) is 10.2. The average molecular weight is 710 g/mol. The quantitative estimate of drug-likeness (QED) is 0.103. The van der Waals surface area contributed by atoms with Crippen molar-refractivity contribution in [1.82, 2.24) is 0 Å². The minimum Gasteiger partial charge on any atom is -0.509 e. The Morgan fingerprint density at radius 1 is 0.655 bits per heavy atom. The molecule has 55 heavy (non-hydrogen) atoms. The summed E-state index contributed by atoms with van der Waals surface area (Å²) >= 11 is 0. The molecule has 3 nitrogen and oxygen atoms in total. The smallest absolute Gasteiger partial charge is 0.121 e. The van der Waals surface area contributed by atoms with E-state index in [1.54, 1.807) is 5.57 Å². The first kappa shape index (κ1) is 35.6. The molecule has 0 aromatic heterocycles. The first-order valence-electron chi connectivity index (χ1n) is 20.0. The number of benzene rings is 6. The van der Waals surface area contributed by atoms with Gasteiger partial charge in [0, 0.05) is 34.0 Å². The van der Waals surface area contributed by atoms with E-state index >= 15 is 0 Å². The van der Waals surface area contributed by atoms with Crippen molar-refractivity contribution < 1.29 is 5.11 Å². The van der Waals surface area contributed by atoms with Gasteiger partial charge in [-0.1, -0.05) is 135 Å². The lowest BCUT2D eigenvalue weighted by Crippen LogP contribution is -2.34. The number of nitrogens with two attached hydrogens (primary N) is 1. The Morgan fingerprint density at radius 2 is 1.33 bits per heavy atom. The number of phenolic OH excluding ortho intramolecular Hbond substituents is 1. The third-order valence-electron chi connectivity index (χ3n) is 13.0. The van der Waals surface area contributed by atoms with Crippen LogP contribution in [0.5, 0.6) is 5.75 Å². The minimum atomic E-state index is -0.285. The number of phenols is 1. The number of nitrogens with zero attached hydrogens (tertiary/aromatic N) is 1. The summed E-state index contributed by atoms with van der Waals surface area (Å²) in [5.41, 5.74) is 20.0. The van der Waals surface area contributed by atoms with Crippen LogP contribution in [0, 0.1) is 0 Å². The molecule has 6 heteroatoms. The van der Waals surface area contributed by atoms with E-state index in [2.05, 4.69) is 122 Å². The Labute approximate surface area is 329 Å². The molecule has 1 fully saturated rings. The summed E-state index contributed by atoms with van der Waals surface area (Å²) in [5.74, 6) is 0.739. The highest BCUT2D eigenvalue weighted by Crippen LogP contribution is 2.56. The molecule has 0 heterocycles. The molecule has 0 saturated heterocycles. The van der Waals surface area contributed by atoms with Crippen LogP contribution in [0.1, 0.15) is 93.7 Å². The molecule has 0 aliphatic heterocycles. The zero-order valence-electron chi connectivity index (χ0n) is 31.9. The van der Waals surface area contributed by atoms with Crippen LogP contribution < -0.4 is 27.0 Å². The first-order chi connectivity index (χ1) is 26.7. The fourth-order valence-electron chi connectivity index (χ4n) is 10.2. The van der Waals surface area contributed by atoms with Crippen molar-refractivity contribution in [3.05, 3.63) is 131 Å². The second-order valence-electron chi connectivity index (χ2n) is 16.4. The van der Waals surface area contributed by atoms with Crippen molar-refractivity contribution >= 4 is 73.4 Å². The lowest BCUT2D eigenvalue weighted by atomic mass is 9.70. The van der Waals surface area contributed by atoms with Crippen molar-refractivity contribution in [3.8, 4) is 28.0 Å². The van der Waals surface area contributed by atoms with Gasteiger partial charge in [0.15, 0.2) is 0 Å². The van der Waals surface area contributed by atoms with E-state index in [0.717, 1.165) is 33.2 Å². The Bertz CT molecular complexity index is 2480. The molecule has 0 bridgehead atoms. The van der Waals surface area contributed by atoms with Gasteiger partial charge in [-0.15, -0.1) is 0 Å². The summed E-state index contributed by atoms with van der Waals surface area (Å²) in [6.07, 6.45) is 12.4. The topological polar surface area (TPSA) is 49.5 Å². The standard InChI is InChI=1S/C49H45B3N2O/c1-49(2)39-21-11-8-19-35(39)36-25-24-30(28-40(36)49)54(41-22-12-9-16-31(41)29-14-4-3-5-15-29)42-23-13-10-20-37(42)34-26-27-38(33-18-7-6-17-32(33)34)43-44(50)45(51)48(55)46(52)47(43)53/h6-7,9-10,12-13,16-18,20-29,35,55H,3-5,8,11,14-15,19,53H2,1-2H3. The van der Waals surface area contributed by atoms with E-state index in [-0.39, 0.29) is 33.2 Å². The van der Waals surface area contributed by atoms with Gasteiger partial charge >= 0.3 is 0 Å². The third-order valence-corrected chi connectivity index (χ3v) is 13.0. The van der Waals surface area contributed by atoms with Gasteiger partial charge in [-0.3, -0.25) is 0 Å². The number of anilines is 4. The molecule has 6 aromatic carbocycles. The fraction of sp³-hybridized carbons (Fsp3) is 0.265. The van der Waals surface area contributed by atoms with Gasteiger partial charge in [0.05, 0.1) is 5.69 Å². The average Bonchev–Trinajstić information content (AvgIpc) is 3.45. The molecular formula is C49H45B3N2O. The number of rotatable bonds is 6. The van der Waals surface area contributed by atoms with Crippen molar-refractivity contribution in [3.63, 3.8) is 0 Å². The van der Waals surface area contributed by atoms with Crippen molar-refractivity contribution in [2.75, 3.05) is 10.6 Å². The maximum absolute atomic E-state index is 10.5. The molecule has 1 saturated carbocycles. The summed E-state index contributed by atoms with van der Waals surface area (Å²) in [7, 11) is 19.1. The molecule has 1 atom stereocenters. The Hall–Kier alpha value is -5.09. The largest absolute Gasteiger partial charge is 0.509 e. The van der Waals surface area contributed by atoms with Crippen molar-refractivity contribution in [1.29, 1.82) is 0 Å². The summed E-state index contributed by atoms with van der Waals surface area (Å²) in [6.45, 7) is 4.84. The van der Waals surface area contributed by atoms with Crippen molar-refractivity contribution in [2.45, 2.75) is 82.5 Å². The van der Waals surface area contributed by atoms with E-state index in [4.69, 9.17) is 29.3 Å². The lowest BCUT2D eigenvalue weighted by molar-refractivity contribution is 0.444. The number of aromatic hydroxyl groups is 1. The zero-order valence-corrected chi connectivity index (χ0v) is 31.9. The number of hydrogen-bond donors (Lipinski definition) is 2. The number of nitrogen functional groups attached to an aromatic ring is 1. The minimum absolute atomic E-state index is 0.0265. The van der Waals surface area contributed by atoms with E-state index in [1.165, 1.54) is 79.4 Å². The number of para-hydroxylation sites is 2. The predicted molar refractivity (Wildman–Crippen MR) is 235 cm³/mol. The normalized spacial score (nSPS) is 17.8. The van der Waals surface area contributed by atoms with Crippen LogP contribution in [-0.4, -0.2) is 28.6 Å². The molecule has 1 unspecified atom stereocenters. The molecule has 6 aromatic rings.